The van der Waals surface area contributed by atoms with E-state index in [9.17, 15) is 34.6 Å². The van der Waals surface area contributed by atoms with Gasteiger partial charge in [-0.3, -0.25) is 34.6 Å². The van der Waals surface area contributed by atoms with Gasteiger partial charge < -0.3 is 16.0 Å². The fourth-order valence-corrected chi connectivity index (χ4v) is 4.95. The summed E-state index contributed by atoms with van der Waals surface area (Å²) in [6.45, 7) is 3.38. The Morgan fingerprint density at radius 2 is 1.49 bits per heavy atom. The van der Waals surface area contributed by atoms with Gasteiger partial charge in [0.05, 0.1) is 20.7 Å². The van der Waals surface area contributed by atoms with Gasteiger partial charge in [0.2, 0.25) is 5.91 Å². The molecule has 0 fully saturated rings. The summed E-state index contributed by atoms with van der Waals surface area (Å²) in [5, 5.41) is 30.0. The van der Waals surface area contributed by atoms with Crippen LogP contribution in [0.4, 0.5) is 22.7 Å². The van der Waals surface area contributed by atoms with Crippen molar-refractivity contribution >= 4 is 58.3 Å². The number of carbonyl (C=O) groups is 3. The lowest BCUT2D eigenvalue weighted by Gasteiger charge is -2.14. The van der Waals surface area contributed by atoms with Crippen molar-refractivity contribution in [3.8, 4) is 0 Å². The number of amides is 3. The molecular weight excluding hydrogens is 598 g/mol. The van der Waals surface area contributed by atoms with Gasteiger partial charge in [-0.05, 0) is 74.0 Å². The maximum absolute atomic E-state index is 13.3. The SMILES string of the molecule is Cc1cc([N+](=O)[O-])ccc1NC(=O)C(C)Sc1ccc(NC(=O)/C(=C/c2ccccc2[N+](=O)[O-])NC(=O)c2ccccc2)cc1. The number of carbonyl (C=O) groups excluding carboxylic acids is 3. The second kappa shape index (κ2) is 14.6. The highest BCUT2D eigenvalue weighted by atomic mass is 32.2. The molecule has 0 spiro atoms. The second-order valence-electron chi connectivity index (χ2n) is 9.68. The fourth-order valence-electron chi connectivity index (χ4n) is 4.08. The van der Waals surface area contributed by atoms with E-state index >= 15 is 0 Å². The lowest BCUT2D eigenvalue weighted by atomic mass is 10.1. The number of nitrogens with one attached hydrogen (secondary N) is 3. The van der Waals surface area contributed by atoms with Gasteiger partial charge in [0.25, 0.3) is 23.2 Å². The van der Waals surface area contributed by atoms with Crippen LogP contribution in [-0.2, 0) is 9.59 Å². The van der Waals surface area contributed by atoms with Crippen molar-refractivity contribution in [2.24, 2.45) is 0 Å². The largest absolute Gasteiger partial charge is 0.325 e. The Kier molecular flexibility index (Phi) is 10.4. The summed E-state index contributed by atoms with van der Waals surface area (Å²) in [4.78, 5) is 61.1. The van der Waals surface area contributed by atoms with Crippen molar-refractivity contribution in [2.45, 2.75) is 24.0 Å². The lowest BCUT2D eigenvalue weighted by molar-refractivity contribution is -0.385. The van der Waals surface area contributed by atoms with Gasteiger partial charge in [-0.2, -0.15) is 0 Å². The Balaban J connectivity index is 1.46. The monoisotopic (exact) mass is 625 g/mol. The molecule has 45 heavy (non-hydrogen) atoms. The lowest BCUT2D eigenvalue weighted by Crippen LogP contribution is -2.30. The third-order valence-electron chi connectivity index (χ3n) is 6.44. The first-order valence-corrected chi connectivity index (χ1v) is 14.4. The molecule has 228 valence electrons. The van der Waals surface area contributed by atoms with E-state index in [1.165, 1.54) is 54.2 Å². The molecule has 3 N–H and O–H groups in total. The van der Waals surface area contributed by atoms with Crippen molar-refractivity contribution < 1.29 is 24.2 Å². The molecule has 4 rings (SSSR count). The number of benzene rings is 4. The number of hydrogen-bond donors (Lipinski definition) is 3. The number of aryl methyl sites for hydroxylation is 1. The number of nitrogens with zero attached hydrogens (tertiary/aromatic N) is 2. The standard InChI is InChI=1S/C32H27N5O7S/c1-20-18-25(36(41)42)14-17-27(20)34-30(38)21(2)45-26-15-12-24(13-16-26)33-32(40)28(35-31(39)22-8-4-3-5-9-22)19-23-10-6-7-11-29(23)37(43)44/h3-19,21H,1-2H3,(H,33,40)(H,34,38)(H,35,39)/b28-19-. The van der Waals surface area contributed by atoms with E-state index < -0.39 is 26.9 Å². The highest BCUT2D eigenvalue weighted by molar-refractivity contribution is 8.00. The predicted octanol–water partition coefficient (Wildman–Crippen LogP) is 6.34. The quantitative estimate of drug-likeness (QED) is 0.0749. The molecule has 0 aromatic heterocycles. The molecule has 1 atom stereocenters. The minimum Gasteiger partial charge on any atom is -0.325 e. The summed E-state index contributed by atoms with van der Waals surface area (Å²) in [7, 11) is 0. The van der Waals surface area contributed by atoms with Gasteiger partial charge in [-0.1, -0.05) is 30.3 Å². The minimum atomic E-state index is -0.705. The van der Waals surface area contributed by atoms with E-state index in [0.29, 0.717) is 22.5 Å². The number of thioether (sulfide) groups is 1. The van der Waals surface area contributed by atoms with Crippen LogP contribution in [0.25, 0.3) is 6.08 Å². The molecule has 0 heterocycles. The molecule has 0 saturated carbocycles. The van der Waals surface area contributed by atoms with Crippen LogP contribution in [0.2, 0.25) is 0 Å². The molecule has 12 nitrogen and oxygen atoms in total. The molecule has 0 aliphatic rings. The van der Waals surface area contributed by atoms with Crippen LogP contribution in [0.3, 0.4) is 0 Å². The summed E-state index contributed by atoms with van der Waals surface area (Å²) in [6, 6.07) is 24.9. The van der Waals surface area contributed by atoms with E-state index in [-0.39, 0.29) is 28.5 Å². The molecule has 0 aliphatic carbocycles. The first-order valence-electron chi connectivity index (χ1n) is 13.5. The second-order valence-corrected chi connectivity index (χ2v) is 11.1. The van der Waals surface area contributed by atoms with Gasteiger partial charge in [-0.15, -0.1) is 11.8 Å². The molecule has 4 aromatic carbocycles. The maximum Gasteiger partial charge on any atom is 0.276 e. The third kappa shape index (κ3) is 8.61. The smallest absolute Gasteiger partial charge is 0.276 e. The van der Waals surface area contributed by atoms with Crippen molar-refractivity contribution in [1.29, 1.82) is 0 Å². The molecule has 13 heteroatoms. The number of rotatable bonds is 11. The number of nitro groups is 2. The van der Waals surface area contributed by atoms with Crippen molar-refractivity contribution in [1.82, 2.24) is 5.32 Å². The van der Waals surface area contributed by atoms with Crippen LogP contribution in [0, 0.1) is 27.2 Å². The number of anilines is 2. The van der Waals surface area contributed by atoms with E-state index in [2.05, 4.69) is 16.0 Å². The van der Waals surface area contributed by atoms with Gasteiger partial charge in [0.1, 0.15) is 5.70 Å². The Morgan fingerprint density at radius 1 is 0.822 bits per heavy atom. The zero-order chi connectivity index (χ0) is 32.5. The fraction of sp³-hybridized carbons (Fsp3) is 0.0938. The molecule has 1 unspecified atom stereocenters. The number of para-hydroxylation sites is 1. The van der Waals surface area contributed by atoms with Crippen molar-refractivity contribution in [3.63, 3.8) is 0 Å². The molecule has 4 aromatic rings. The van der Waals surface area contributed by atoms with Crippen LogP contribution < -0.4 is 16.0 Å². The normalized spacial score (nSPS) is 11.6. The van der Waals surface area contributed by atoms with Crippen molar-refractivity contribution in [3.05, 3.63) is 140 Å². The first kappa shape index (κ1) is 32.1. The third-order valence-corrected chi connectivity index (χ3v) is 7.55. The summed E-state index contributed by atoms with van der Waals surface area (Å²) in [5.74, 6) is -1.57. The number of nitro benzene ring substituents is 2. The Labute approximate surface area is 261 Å². The van der Waals surface area contributed by atoms with Crippen LogP contribution in [0.15, 0.2) is 108 Å². The number of hydrogen-bond acceptors (Lipinski definition) is 8. The van der Waals surface area contributed by atoms with Gasteiger partial charge in [0.15, 0.2) is 0 Å². The van der Waals surface area contributed by atoms with Gasteiger partial charge in [0, 0.05) is 40.0 Å². The van der Waals surface area contributed by atoms with E-state index in [4.69, 9.17) is 0 Å². The van der Waals surface area contributed by atoms with Gasteiger partial charge in [-0.25, -0.2) is 0 Å². The first-order chi connectivity index (χ1) is 21.5. The Bertz CT molecular complexity index is 1790. The predicted molar refractivity (Wildman–Crippen MR) is 172 cm³/mol. The van der Waals surface area contributed by atoms with Crippen LogP contribution in [0.5, 0.6) is 0 Å². The summed E-state index contributed by atoms with van der Waals surface area (Å²) < 4.78 is 0. The van der Waals surface area contributed by atoms with Crippen molar-refractivity contribution in [2.75, 3.05) is 10.6 Å². The van der Waals surface area contributed by atoms with Crippen LogP contribution >= 0.6 is 11.8 Å². The summed E-state index contributed by atoms with van der Waals surface area (Å²) in [5.41, 5.74) is 1.33. The van der Waals surface area contributed by atoms with Crippen LogP contribution in [0.1, 0.15) is 28.4 Å². The van der Waals surface area contributed by atoms with E-state index in [0.717, 1.165) is 4.90 Å². The minimum absolute atomic E-state index is 0.0670. The zero-order valence-corrected chi connectivity index (χ0v) is 24.9. The summed E-state index contributed by atoms with van der Waals surface area (Å²) in [6.07, 6.45) is 1.24. The molecular formula is C32H27N5O7S. The zero-order valence-electron chi connectivity index (χ0n) is 24.1. The van der Waals surface area contributed by atoms with Gasteiger partial charge >= 0.3 is 0 Å². The molecule has 3 amide bonds. The topological polar surface area (TPSA) is 174 Å². The summed E-state index contributed by atoms with van der Waals surface area (Å²) >= 11 is 1.27. The molecule has 0 aliphatic heterocycles. The number of non-ortho nitro benzene ring substituents is 1. The van der Waals surface area contributed by atoms with E-state index in [1.54, 1.807) is 74.5 Å². The molecule has 0 saturated heterocycles. The maximum atomic E-state index is 13.3. The van der Waals surface area contributed by atoms with E-state index in [1.807, 2.05) is 0 Å². The highest BCUT2D eigenvalue weighted by Gasteiger charge is 2.20. The average Bonchev–Trinajstić information content (AvgIpc) is 3.03. The Hall–Kier alpha value is -5.82. The molecule has 0 radical (unpaired) electrons. The highest BCUT2D eigenvalue weighted by Crippen LogP contribution is 2.28. The Morgan fingerprint density at radius 3 is 2.13 bits per heavy atom. The van der Waals surface area contributed by atoms with Crippen LogP contribution in [-0.4, -0.2) is 32.8 Å². The molecule has 0 bridgehead atoms. The average molecular weight is 626 g/mol.